The number of benzene rings is 5. The lowest BCUT2D eigenvalue weighted by atomic mass is 9.78. The second-order valence-corrected chi connectivity index (χ2v) is 26.1. The summed E-state index contributed by atoms with van der Waals surface area (Å²) in [6.45, 7) is 1.24. The van der Waals surface area contributed by atoms with Gasteiger partial charge in [-0.3, -0.25) is 59.1 Å². The fraction of sp³-hybridized carbons (Fsp3) is 0.224. The van der Waals surface area contributed by atoms with Crippen LogP contribution in [0.4, 0.5) is 32.3 Å². The number of nitrogens with one attached hydrogen (secondary N) is 4. The first kappa shape index (κ1) is 57.7. The van der Waals surface area contributed by atoms with E-state index in [1.54, 1.807) is 12.1 Å². The monoisotopic (exact) mass is 1170 g/mol. The number of ether oxygens (including phenoxy) is 3. The molecule has 422 valence electrons. The predicted molar refractivity (Wildman–Crippen MR) is 279 cm³/mol. The number of rotatable bonds is 18. The number of nitro benzene ring substituents is 2. The average molecular weight is 1170 g/mol. The third kappa shape index (κ3) is 12.4. The molecule has 3 aliphatic rings. The number of imide groups is 1. The first-order chi connectivity index (χ1) is 38.1. The molecule has 29 nitrogen and oxygen atoms in total. The van der Waals surface area contributed by atoms with E-state index in [0.717, 1.165) is 36.4 Å². The van der Waals surface area contributed by atoms with Gasteiger partial charge in [0, 0.05) is 77.3 Å². The molecule has 0 atom stereocenters. The van der Waals surface area contributed by atoms with Gasteiger partial charge in [0.15, 0.2) is 5.60 Å². The van der Waals surface area contributed by atoms with Gasteiger partial charge in [-0.05, 0) is 77.1 Å². The molecule has 0 aliphatic carbocycles. The zero-order valence-corrected chi connectivity index (χ0v) is 44.7. The fourth-order valence-electron chi connectivity index (χ4n) is 9.19. The third-order valence-corrected chi connectivity index (χ3v) is 18.0. The van der Waals surface area contributed by atoms with E-state index in [-0.39, 0.29) is 63.2 Å². The van der Waals surface area contributed by atoms with Gasteiger partial charge in [-0.25, -0.2) is 19.2 Å². The predicted octanol–water partition coefficient (Wildman–Crippen LogP) is 3.05. The summed E-state index contributed by atoms with van der Waals surface area (Å²) in [6, 6.07) is 19.0. The molecule has 0 saturated carbocycles. The van der Waals surface area contributed by atoms with Crippen LogP contribution in [-0.4, -0.2) is 121 Å². The van der Waals surface area contributed by atoms with Crippen LogP contribution in [0.1, 0.15) is 82.1 Å². The Morgan fingerprint density at radius 2 is 1.09 bits per heavy atom. The van der Waals surface area contributed by atoms with Gasteiger partial charge in [0.25, 0.3) is 55.2 Å². The minimum atomic E-state index is -4.43. The van der Waals surface area contributed by atoms with Crippen LogP contribution in [-0.2, 0) is 67.7 Å². The second kappa shape index (κ2) is 22.3. The van der Waals surface area contributed by atoms with Gasteiger partial charge in [-0.15, -0.1) is 5.06 Å². The smallest absolute Gasteiger partial charge is 0.411 e. The minimum absolute atomic E-state index is 0.0165. The van der Waals surface area contributed by atoms with Crippen LogP contribution in [0, 0.1) is 20.2 Å². The lowest BCUT2D eigenvalue weighted by molar-refractivity contribution is -0.386. The first-order valence-electron chi connectivity index (χ1n) is 23.7. The van der Waals surface area contributed by atoms with Crippen LogP contribution >= 0.6 is 0 Å². The van der Waals surface area contributed by atoms with Gasteiger partial charge in [0.1, 0.15) is 21.3 Å². The molecule has 3 aliphatic heterocycles. The summed E-state index contributed by atoms with van der Waals surface area (Å²) in [4.78, 5) is 132. The van der Waals surface area contributed by atoms with E-state index in [1.165, 1.54) is 42.5 Å². The Morgan fingerprint density at radius 1 is 0.642 bits per heavy atom. The van der Waals surface area contributed by atoms with E-state index in [4.69, 9.17) is 28.2 Å². The number of carbonyl (C=O) groups is 8. The number of anilines is 2. The van der Waals surface area contributed by atoms with Crippen LogP contribution in [0.3, 0.4) is 0 Å². The number of hydrogen-bond acceptors (Lipinski definition) is 20. The van der Waals surface area contributed by atoms with Crippen molar-refractivity contribution >= 4 is 109 Å². The highest BCUT2D eigenvalue weighted by atomic mass is 32.2. The Balaban J connectivity index is 1.11. The summed E-state index contributed by atoms with van der Waals surface area (Å²) >= 11 is 0. The number of hydrogen-bond donors (Lipinski definition) is 6. The van der Waals surface area contributed by atoms with Crippen molar-refractivity contribution in [2.45, 2.75) is 44.8 Å². The normalized spacial score (nSPS) is 14.6. The molecule has 0 aromatic heterocycles. The summed E-state index contributed by atoms with van der Waals surface area (Å²) in [5, 5.41) is 34.8. The van der Waals surface area contributed by atoms with Crippen LogP contribution in [0.25, 0.3) is 0 Å². The zero-order valence-electron chi connectivity index (χ0n) is 42.0. The minimum Gasteiger partial charge on any atom is -0.444 e. The SMILES string of the molecule is C[Si]1(C)c2cc(NC(=O)OCc3cc(C(=O)NCCS(=O)(=O)O)ccc3[N+](=O)[O-])ccc2C2(OC(=O)c3ccc(C(=O)ON4C(=O)CCC4=O)cc32)c2ccc(NC(=O)OCc3cc(C(=O)NCCS(=O)(=O)O)ccc3[N+](=O)[O-])cc21. The molecule has 6 amide bonds. The number of esters is 1. The van der Waals surface area contributed by atoms with E-state index < -0.39 is 141 Å². The first-order valence-corrected chi connectivity index (χ1v) is 29.9. The highest BCUT2D eigenvalue weighted by Gasteiger charge is 2.56. The third-order valence-electron chi connectivity index (χ3n) is 13.0. The van der Waals surface area contributed by atoms with Crippen LogP contribution in [0.15, 0.2) is 91.0 Å². The second-order valence-electron chi connectivity index (χ2n) is 18.6. The van der Waals surface area contributed by atoms with Crippen molar-refractivity contribution in [3.8, 4) is 0 Å². The van der Waals surface area contributed by atoms with E-state index in [2.05, 4.69) is 21.3 Å². The maximum atomic E-state index is 14.0. The van der Waals surface area contributed by atoms with Gasteiger partial charge in [0.05, 0.1) is 43.6 Å². The largest absolute Gasteiger partial charge is 0.444 e. The van der Waals surface area contributed by atoms with Crippen molar-refractivity contribution in [3.63, 3.8) is 0 Å². The maximum Gasteiger partial charge on any atom is 0.411 e. The highest BCUT2D eigenvalue weighted by Crippen LogP contribution is 2.49. The van der Waals surface area contributed by atoms with Crippen molar-refractivity contribution in [2.75, 3.05) is 35.2 Å². The molecular formula is C49H43N7O22S2Si. The molecule has 81 heavy (non-hydrogen) atoms. The Morgan fingerprint density at radius 3 is 1.52 bits per heavy atom. The molecule has 6 N–H and O–H groups in total. The summed E-state index contributed by atoms with van der Waals surface area (Å²) in [6.07, 6.45) is -2.67. The number of nitrogens with zero attached hydrogens (tertiary/aromatic N) is 3. The molecule has 1 saturated heterocycles. The standard InChI is InChI=1S/C49H43N7O22S2Si/c1-81(2)39-22-31(52-47(63)75-24-29-19-26(4-11-37(29)55(65)66)43(59)50-15-17-79(69,70)71)6-9-34(39)49(36-21-28(3-8-33(36)46(62)77-49)45(61)78-54-41(57)13-14-42(54)58)35-10-7-32(23-40(35)81)53-48(64)76-25-30-20-27(5-12-38(30)56(67)68)44(60)51-16-18-80(72,73)74/h3-12,19-23H,13-18,24-25H2,1-2H3,(H,50,59)(H,51,60)(H,52,63)(H,53,64)(H,69,70,71)(H,72,73,74). The molecule has 32 heteroatoms. The van der Waals surface area contributed by atoms with Gasteiger partial charge in [-0.1, -0.05) is 25.2 Å². The summed E-state index contributed by atoms with van der Waals surface area (Å²) < 4.78 is 79.5. The van der Waals surface area contributed by atoms with E-state index >= 15 is 0 Å². The Labute approximate surface area is 457 Å². The molecule has 5 aromatic carbocycles. The van der Waals surface area contributed by atoms with Crippen molar-refractivity contribution in [1.82, 2.24) is 15.7 Å². The van der Waals surface area contributed by atoms with Gasteiger partial charge in [0.2, 0.25) is 0 Å². The van der Waals surface area contributed by atoms with Crippen molar-refractivity contribution in [3.05, 3.63) is 161 Å². The van der Waals surface area contributed by atoms with Gasteiger partial charge >= 0.3 is 24.1 Å². The van der Waals surface area contributed by atoms with Crippen LogP contribution < -0.4 is 31.6 Å². The van der Waals surface area contributed by atoms with Crippen molar-refractivity contribution < 1.29 is 93.2 Å². The molecule has 1 fully saturated rings. The maximum absolute atomic E-state index is 14.0. The molecular weight excluding hydrogens is 1130 g/mol. The number of hydroxylamine groups is 2. The quantitative estimate of drug-likeness (QED) is 0.0140. The Hall–Kier alpha value is -9.50. The molecule has 3 heterocycles. The lowest BCUT2D eigenvalue weighted by Crippen LogP contribution is -2.63. The zero-order chi connectivity index (χ0) is 58.9. The molecule has 0 radical (unpaired) electrons. The highest BCUT2D eigenvalue weighted by molar-refractivity contribution is 7.86. The Kier molecular flexibility index (Phi) is 15.9. The summed E-state index contributed by atoms with van der Waals surface area (Å²) in [5.74, 6) is -6.85. The average Bonchev–Trinajstić information content (AvgIpc) is 3.89. The number of fused-ring (bicyclic) bond motifs is 6. The topological polar surface area (TPSA) is 420 Å². The number of carbonyl (C=O) groups excluding carboxylic acids is 8. The van der Waals surface area contributed by atoms with Crippen molar-refractivity contribution in [2.24, 2.45) is 0 Å². The molecule has 0 unspecified atom stereocenters. The number of nitro groups is 2. The molecule has 8 rings (SSSR count). The van der Waals surface area contributed by atoms with Gasteiger partial charge in [-0.2, -0.15) is 16.8 Å². The Bertz CT molecular complexity index is 3620. The number of amides is 6. The van der Waals surface area contributed by atoms with E-state index in [0.29, 0.717) is 26.6 Å². The van der Waals surface area contributed by atoms with Crippen LogP contribution in [0.2, 0.25) is 13.1 Å². The summed E-state index contributed by atoms with van der Waals surface area (Å²) in [7, 11) is -12.1. The molecule has 5 aromatic rings. The molecule has 0 bridgehead atoms. The van der Waals surface area contributed by atoms with Crippen molar-refractivity contribution in [1.29, 1.82) is 0 Å². The van der Waals surface area contributed by atoms with E-state index in [9.17, 15) is 75.4 Å². The lowest BCUT2D eigenvalue weighted by Gasteiger charge is -2.44. The summed E-state index contributed by atoms with van der Waals surface area (Å²) in [5.41, 5.74) is -3.10. The van der Waals surface area contributed by atoms with Gasteiger partial charge < -0.3 is 29.7 Å². The fourth-order valence-corrected chi connectivity index (χ4v) is 13.1. The van der Waals surface area contributed by atoms with E-state index in [1.807, 2.05) is 13.1 Å². The van der Waals surface area contributed by atoms with Crippen LogP contribution in [0.5, 0.6) is 0 Å². The molecule has 1 spiro atoms.